The van der Waals surface area contributed by atoms with Gasteiger partial charge in [-0.2, -0.15) is 13.2 Å². The number of aromatic nitrogens is 3. The molecule has 4 aromatic rings. The Bertz CT molecular complexity index is 1420. The van der Waals surface area contributed by atoms with Gasteiger partial charge in [0.25, 0.3) is 5.91 Å². The van der Waals surface area contributed by atoms with E-state index in [0.29, 0.717) is 33.8 Å². The summed E-state index contributed by atoms with van der Waals surface area (Å²) in [7, 11) is 1.81. The number of carbonyl (C=O) groups excluding carboxylic acids is 1. The van der Waals surface area contributed by atoms with Crippen molar-refractivity contribution in [3.63, 3.8) is 0 Å². The van der Waals surface area contributed by atoms with Gasteiger partial charge in [0, 0.05) is 30.1 Å². The maximum atomic E-state index is 12.9. The fourth-order valence-electron chi connectivity index (χ4n) is 3.67. The number of aliphatic hydroxyl groups is 1. The number of hydrogen-bond donors (Lipinski definition) is 3. The van der Waals surface area contributed by atoms with Gasteiger partial charge in [-0.3, -0.25) is 4.79 Å². The van der Waals surface area contributed by atoms with Crippen LogP contribution in [0.25, 0.3) is 22.2 Å². The summed E-state index contributed by atoms with van der Waals surface area (Å²) >= 11 is 6.48. The van der Waals surface area contributed by atoms with Crippen LogP contribution in [-0.2, 0) is 18.0 Å². The minimum Gasteiger partial charge on any atom is -0.383 e. The molecule has 2 heterocycles. The molecule has 2 aromatic carbocycles. The molecule has 0 bridgehead atoms. The van der Waals surface area contributed by atoms with Crippen LogP contribution in [-0.4, -0.2) is 25.5 Å². The van der Waals surface area contributed by atoms with Crippen LogP contribution in [0.5, 0.6) is 0 Å². The van der Waals surface area contributed by atoms with Gasteiger partial charge in [-0.05, 0) is 36.8 Å². The third-order valence-corrected chi connectivity index (χ3v) is 5.57. The molecule has 0 aliphatic rings. The van der Waals surface area contributed by atoms with Crippen molar-refractivity contribution < 1.29 is 23.1 Å². The molecule has 0 fully saturated rings. The predicted molar refractivity (Wildman–Crippen MR) is 123 cm³/mol. The third kappa shape index (κ3) is 4.42. The second kappa shape index (κ2) is 8.62. The van der Waals surface area contributed by atoms with Crippen LogP contribution in [0.15, 0.2) is 48.7 Å². The first-order valence-corrected chi connectivity index (χ1v) is 10.4. The number of hydrogen-bond acceptors (Lipinski definition) is 5. The molecule has 1 amide bonds. The maximum absolute atomic E-state index is 12.9. The largest absolute Gasteiger partial charge is 0.416 e. The fourth-order valence-corrected chi connectivity index (χ4v) is 3.96. The Labute approximate surface area is 197 Å². The lowest BCUT2D eigenvalue weighted by molar-refractivity contribution is -0.138. The average Bonchev–Trinajstić information content (AvgIpc) is 3.09. The van der Waals surface area contributed by atoms with Gasteiger partial charge in [-0.1, -0.05) is 29.8 Å². The molecule has 1 unspecified atom stereocenters. The van der Waals surface area contributed by atoms with Crippen molar-refractivity contribution in [3.8, 4) is 11.1 Å². The third-order valence-electron chi connectivity index (χ3n) is 5.26. The molecule has 176 valence electrons. The molecule has 0 saturated heterocycles. The number of nitrogens with two attached hydrogens (primary N) is 1. The summed E-state index contributed by atoms with van der Waals surface area (Å²) in [5.74, 6) is -0.0709. The summed E-state index contributed by atoms with van der Waals surface area (Å²) in [4.78, 5) is 21.1. The van der Waals surface area contributed by atoms with Crippen molar-refractivity contribution in [2.45, 2.75) is 19.2 Å². The molecule has 0 aliphatic carbocycles. The molecule has 0 radical (unpaired) electrons. The van der Waals surface area contributed by atoms with E-state index in [1.807, 2.05) is 13.2 Å². The number of carbonyl (C=O) groups is 1. The van der Waals surface area contributed by atoms with Crippen molar-refractivity contribution in [2.75, 3.05) is 11.1 Å². The summed E-state index contributed by atoms with van der Waals surface area (Å²) in [6.07, 6.45) is -4.59. The van der Waals surface area contributed by atoms with Crippen LogP contribution in [0.2, 0.25) is 5.02 Å². The van der Waals surface area contributed by atoms with E-state index in [9.17, 15) is 23.1 Å². The van der Waals surface area contributed by atoms with E-state index >= 15 is 0 Å². The molecule has 7 nitrogen and oxygen atoms in total. The van der Waals surface area contributed by atoms with Crippen LogP contribution >= 0.6 is 11.6 Å². The highest BCUT2D eigenvalue weighted by molar-refractivity contribution is 6.34. The molecule has 0 saturated carbocycles. The number of alkyl halides is 3. The Morgan fingerprint density at radius 2 is 1.91 bits per heavy atom. The summed E-state index contributed by atoms with van der Waals surface area (Å²) in [5, 5.41) is 13.7. The summed E-state index contributed by atoms with van der Waals surface area (Å²) in [5.41, 5.74) is 7.17. The SMILES string of the molecule is Cc1nc(N)c2c(-c3ccc(NC(=O)C(O)c4cccc(C(F)(F)F)c4)cc3Cl)cn(C)c2n1. The van der Waals surface area contributed by atoms with Gasteiger partial charge in [0.15, 0.2) is 6.10 Å². The first-order chi connectivity index (χ1) is 16.0. The fraction of sp³-hybridized carbons (Fsp3) is 0.174. The standard InChI is InChI=1S/C23H19ClF3N5O2/c1-11-29-20(28)18-16(10-32(2)21(18)30-11)15-7-6-14(9-17(15)24)31-22(34)19(33)12-4-3-5-13(8-12)23(25,26)27/h3-10,19,33H,1-2H3,(H,31,34)(H2,28,29,30). The monoisotopic (exact) mass is 489 g/mol. The number of nitrogen functional groups attached to an aromatic ring is 1. The lowest BCUT2D eigenvalue weighted by Gasteiger charge is -2.14. The predicted octanol–water partition coefficient (Wildman–Crippen LogP) is 4.87. The van der Waals surface area contributed by atoms with Gasteiger partial charge in [0.1, 0.15) is 17.3 Å². The van der Waals surface area contributed by atoms with Crippen molar-refractivity contribution in [1.82, 2.24) is 14.5 Å². The number of aliphatic hydroxyl groups excluding tert-OH is 1. The van der Waals surface area contributed by atoms with Crippen LogP contribution in [0.4, 0.5) is 24.7 Å². The molecule has 4 rings (SSSR count). The smallest absolute Gasteiger partial charge is 0.383 e. The Morgan fingerprint density at radius 1 is 1.18 bits per heavy atom. The highest BCUT2D eigenvalue weighted by Gasteiger charge is 2.31. The van der Waals surface area contributed by atoms with E-state index in [1.54, 1.807) is 23.6 Å². The van der Waals surface area contributed by atoms with Gasteiger partial charge < -0.3 is 20.7 Å². The molecule has 0 aliphatic heterocycles. The quantitative estimate of drug-likeness (QED) is 0.379. The van der Waals surface area contributed by atoms with Crippen molar-refractivity contribution in [3.05, 3.63) is 70.6 Å². The number of benzene rings is 2. The number of halogens is 4. The van der Waals surface area contributed by atoms with Crippen molar-refractivity contribution in [1.29, 1.82) is 0 Å². The van der Waals surface area contributed by atoms with Gasteiger partial charge in [-0.15, -0.1) is 0 Å². The summed E-state index contributed by atoms with van der Waals surface area (Å²) < 4.78 is 40.6. The van der Waals surface area contributed by atoms with E-state index in [-0.39, 0.29) is 16.3 Å². The maximum Gasteiger partial charge on any atom is 0.416 e. The molecule has 2 aromatic heterocycles. The number of amides is 1. The second-order valence-electron chi connectivity index (χ2n) is 7.72. The second-order valence-corrected chi connectivity index (χ2v) is 8.13. The van der Waals surface area contributed by atoms with E-state index in [1.165, 1.54) is 12.1 Å². The van der Waals surface area contributed by atoms with Crippen LogP contribution < -0.4 is 11.1 Å². The van der Waals surface area contributed by atoms with Crippen molar-refractivity contribution >= 4 is 40.0 Å². The molecule has 34 heavy (non-hydrogen) atoms. The molecular weight excluding hydrogens is 471 g/mol. The number of anilines is 2. The van der Waals surface area contributed by atoms with Crippen LogP contribution in [0.1, 0.15) is 23.1 Å². The Morgan fingerprint density at radius 3 is 2.59 bits per heavy atom. The topological polar surface area (TPSA) is 106 Å². The van der Waals surface area contributed by atoms with Crippen molar-refractivity contribution in [2.24, 2.45) is 7.05 Å². The van der Waals surface area contributed by atoms with Crippen LogP contribution in [0.3, 0.4) is 0 Å². The van der Waals surface area contributed by atoms with E-state index in [0.717, 1.165) is 18.2 Å². The highest BCUT2D eigenvalue weighted by atomic mass is 35.5. The molecule has 0 spiro atoms. The van der Waals surface area contributed by atoms with Gasteiger partial charge in [0.05, 0.1) is 16.0 Å². The highest BCUT2D eigenvalue weighted by Crippen LogP contribution is 2.38. The number of nitrogens with one attached hydrogen (secondary N) is 1. The van der Waals surface area contributed by atoms with E-state index < -0.39 is 23.8 Å². The van der Waals surface area contributed by atoms with Gasteiger partial charge in [0.2, 0.25) is 0 Å². The Hall–Kier alpha value is -3.63. The number of nitrogens with zero attached hydrogens (tertiary/aromatic N) is 3. The molecule has 4 N–H and O–H groups in total. The zero-order chi connectivity index (χ0) is 24.8. The number of fused-ring (bicyclic) bond motifs is 1. The van der Waals surface area contributed by atoms with E-state index in [2.05, 4.69) is 15.3 Å². The van der Waals surface area contributed by atoms with Gasteiger partial charge in [-0.25, -0.2) is 9.97 Å². The Kier molecular flexibility index (Phi) is 5.96. The average molecular weight is 490 g/mol. The normalized spacial score (nSPS) is 12.7. The zero-order valence-electron chi connectivity index (χ0n) is 18.0. The Balaban J connectivity index is 1.60. The first-order valence-electron chi connectivity index (χ1n) is 10.0. The number of rotatable bonds is 4. The molecule has 11 heteroatoms. The minimum absolute atomic E-state index is 0.184. The summed E-state index contributed by atoms with van der Waals surface area (Å²) in [6, 6.07) is 8.64. The lowest BCUT2D eigenvalue weighted by atomic mass is 10.0. The number of aryl methyl sites for hydroxylation is 2. The molecule has 1 atom stereocenters. The minimum atomic E-state index is -4.59. The van der Waals surface area contributed by atoms with Gasteiger partial charge >= 0.3 is 6.18 Å². The van der Waals surface area contributed by atoms with E-state index in [4.69, 9.17) is 17.3 Å². The zero-order valence-corrected chi connectivity index (χ0v) is 18.7. The first kappa shape index (κ1) is 23.5. The lowest BCUT2D eigenvalue weighted by Crippen LogP contribution is -2.21. The molecular formula is C23H19ClF3N5O2. The summed E-state index contributed by atoms with van der Waals surface area (Å²) in [6.45, 7) is 1.74. The van der Waals surface area contributed by atoms with Crippen LogP contribution in [0, 0.1) is 6.92 Å².